The molecule has 1 atom stereocenters. The number of hydrogen-bond donors (Lipinski definition) is 0. The molecule has 2 aliphatic heterocycles. The minimum absolute atomic E-state index is 0.161. The first-order valence-corrected chi connectivity index (χ1v) is 11.6. The van der Waals surface area contributed by atoms with Crippen LogP contribution in [0, 0.1) is 0 Å². The largest absolute Gasteiger partial charge is 0.304 e. The van der Waals surface area contributed by atoms with Crippen LogP contribution in [-0.4, -0.2) is 17.6 Å². The van der Waals surface area contributed by atoms with Gasteiger partial charge in [0.2, 0.25) is 10.8 Å². The average molecular weight is 490 g/mol. The van der Waals surface area contributed by atoms with Crippen LogP contribution < -0.4 is 9.80 Å². The number of fused-ring (bicyclic) bond motifs is 2. The highest BCUT2D eigenvalue weighted by molar-refractivity contribution is 8.02. The van der Waals surface area contributed by atoms with Crippen LogP contribution in [-0.2, 0) is 21.0 Å². The lowest BCUT2D eigenvalue weighted by Crippen LogP contribution is -2.49. The van der Waals surface area contributed by atoms with Crippen molar-refractivity contribution in [1.82, 2.24) is 0 Å². The molecule has 156 valence electrons. The summed E-state index contributed by atoms with van der Waals surface area (Å²) in [4.78, 5) is 29.1. The summed E-state index contributed by atoms with van der Waals surface area (Å²) in [7, 11) is 0. The molecule has 5 rings (SSSR count). The first-order chi connectivity index (χ1) is 14.9. The van der Waals surface area contributed by atoms with Gasteiger partial charge < -0.3 is 4.90 Å². The third kappa shape index (κ3) is 3.14. The first-order valence-electron chi connectivity index (χ1n) is 9.50. The van der Waals surface area contributed by atoms with Gasteiger partial charge in [0.15, 0.2) is 0 Å². The molecule has 1 saturated heterocycles. The summed E-state index contributed by atoms with van der Waals surface area (Å²) in [5, 5.41) is 1.30. The number of carbonyl (C=O) groups is 2. The van der Waals surface area contributed by atoms with Crippen molar-refractivity contribution in [2.24, 2.45) is 0 Å². The fourth-order valence-electron chi connectivity index (χ4n) is 4.13. The molecule has 3 aromatic carbocycles. The van der Waals surface area contributed by atoms with Gasteiger partial charge in [0, 0.05) is 16.3 Å². The zero-order valence-corrected chi connectivity index (χ0v) is 19.1. The van der Waals surface area contributed by atoms with Crippen molar-refractivity contribution in [2.45, 2.75) is 11.4 Å². The SMILES string of the molecule is O=C1CSC2(C(=O)N(Cc3ccccc3Cl)c3ccccc32)N1c1ccc(Cl)c(Cl)c1. The van der Waals surface area contributed by atoms with Gasteiger partial charge in [-0.2, -0.15) is 0 Å². The Hall–Kier alpha value is -2.18. The molecule has 0 saturated carbocycles. The molecule has 0 N–H and O–H groups in total. The van der Waals surface area contributed by atoms with Crippen LogP contribution in [0.3, 0.4) is 0 Å². The van der Waals surface area contributed by atoms with E-state index in [1.165, 1.54) is 11.8 Å². The molecule has 8 heteroatoms. The molecule has 2 heterocycles. The molecule has 0 bridgehead atoms. The summed E-state index contributed by atoms with van der Waals surface area (Å²) in [6, 6.07) is 20.0. The van der Waals surface area contributed by atoms with Crippen molar-refractivity contribution in [3.8, 4) is 0 Å². The molecule has 4 nitrogen and oxygen atoms in total. The van der Waals surface area contributed by atoms with E-state index >= 15 is 0 Å². The minimum Gasteiger partial charge on any atom is -0.304 e. The number of rotatable bonds is 3. The number of thioether (sulfide) groups is 1. The van der Waals surface area contributed by atoms with Crippen LogP contribution in [0.2, 0.25) is 15.1 Å². The van der Waals surface area contributed by atoms with Crippen molar-refractivity contribution < 1.29 is 9.59 Å². The quantitative estimate of drug-likeness (QED) is 0.444. The first kappa shape index (κ1) is 20.7. The Bertz CT molecular complexity index is 1230. The number of amides is 2. The molecule has 31 heavy (non-hydrogen) atoms. The number of hydrogen-bond acceptors (Lipinski definition) is 3. The van der Waals surface area contributed by atoms with Gasteiger partial charge in [-0.3, -0.25) is 14.5 Å². The van der Waals surface area contributed by atoms with Crippen LogP contribution in [0.25, 0.3) is 0 Å². The number of carbonyl (C=O) groups excluding carboxylic acids is 2. The molecule has 0 aliphatic carbocycles. The maximum absolute atomic E-state index is 14.0. The van der Waals surface area contributed by atoms with E-state index in [4.69, 9.17) is 34.8 Å². The lowest BCUT2D eigenvalue weighted by atomic mass is 10.0. The van der Waals surface area contributed by atoms with Crippen molar-refractivity contribution in [1.29, 1.82) is 0 Å². The fourth-order valence-corrected chi connectivity index (χ4v) is 5.98. The molecular formula is C23H15Cl3N2O2S. The second kappa shape index (κ2) is 7.75. The van der Waals surface area contributed by atoms with Gasteiger partial charge >= 0.3 is 0 Å². The Morgan fingerprint density at radius 1 is 0.871 bits per heavy atom. The van der Waals surface area contributed by atoms with Gasteiger partial charge in [0.1, 0.15) is 0 Å². The highest BCUT2D eigenvalue weighted by atomic mass is 35.5. The van der Waals surface area contributed by atoms with Crippen LogP contribution in [0.4, 0.5) is 11.4 Å². The minimum atomic E-state index is -1.20. The number of benzene rings is 3. The average Bonchev–Trinajstić information content (AvgIpc) is 3.23. The highest BCUT2D eigenvalue weighted by Crippen LogP contribution is 2.56. The van der Waals surface area contributed by atoms with Crippen molar-refractivity contribution in [3.63, 3.8) is 0 Å². The molecule has 3 aromatic rings. The van der Waals surface area contributed by atoms with Crippen molar-refractivity contribution >= 4 is 69.8 Å². The lowest BCUT2D eigenvalue weighted by molar-refractivity contribution is -0.123. The van der Waals surface area contributed by atoms with Gasteiger partial charge in [-0.15, -0.1) is 11.8 Å². The second-order valence-corrected chi connectivity index (χ2v) is 9.65. The molecule has 2 amide bonds. The van der Waals surface area contributed by atoms with Crippen LogP contribution >= 0.6 is 46.6 Å². The Balaban J connectivity index is 1.66. The van der Waals surface area contributed by atoms with E-state index in [0.29, 0.717) is 27.3 Å². The van der Waals surface area contributed by atoms with Crippen LogP contribution in [0.15, 0.2) is 66.7 Å². The van der Waals surface area contributed by atoms with Gasteiger partial charge in [-0.1, -0.05) is 71.2 Å². The fraction of sp³-hybridized carbons (Fsp3) is 0.130. The topological polar surface area (TPSA) is 40.6 Å². The van der Waals surface area contributed by atoms with E-state index in [2.05, 4.69) is 0 Å². The Labute approximate surface area is 198 Å². The van der Waals surface area contributed by atoms with E-state index in [0.717, 1.165) is 16.8 Å². The van der Waals surface area contributed by atoms with Gasteiger partial charge in [0.25, 0.3) is 5.91 Å². The predicted octanol–water partition coefficient (Wildman–Crippen LogP) is 6.13. The van der Waals surface area contributed by atoms with Crippen molar-refractivity contribution in [3.05, 3.63) is 92.9 Å². The van der Waals surface area contributed by atoms with E-state index in [9.17, 15) is 9.59 Å². The van der Waals surface area contributed by atoms with Gasteiger partial charge in [-0.25, -0.2) is 0 Å². The van der Waals surface area contributed by atoms with Crippen LogP contribution in [0.1, 0.15) is 11.1 Å². The van der Waals surface area contributed by atoms with Crippen LogP contribution in [0.5, 0.6) is 0 Å². The van der Waals surface area contributed by atoms with E-state index < -0.39 is 4.87 Å². The Kier molecular flexibility index (Phi) is 5.18. The normalized spacial score (nSPS) is 20.1. The lowest BCUT2D eigenvalue weighted by Gasteiger charge is -2.33. The molecule has 2 aliphatic rings. The molecule has 1 unspecified atom stereocenters. The molecule has 0 radical (unpaired) electrons. The van der Waals surface area contributed by atoms with Gasteiger partial charge in [-0.05, 0) is 35.9 Å². The second-order valence-electron chi connectivity index (χ2n) is 7.26. The standard InChI is InChI=1S/C23H15Cl3N2O2S/c24-17-7-3-1-5-14(17)12-27-20-8-4-2-6-16(20)23(22(27)30)28(21(29)13-31-23)15-9-10-18(25)19(26)11-15/h1-11H,12-13H2. The third-order valence-corrected chi connectivity index (χ3v) is 8.01. The zero-order valence-electron chi connectivity index (χ0n) is 16.0. The van der Waals surface area contributed by atoms with E-state index in [-0.39, 0.29) is 17.6 Å². The number of halogens is 3. The maximum atomic E-state index is 14.0. The number of para-hydroxylation sites is 1. The summed E-state index contributed by atoms with van der Waals surface area (Å²) in [5.74, 6) is -0.165. The summed E-state index contributed by atoms with van der Waals surface area (Å²) >= 11 is 20.0. The molecule has 0 aromatic heterocycles. The molecule has 1 spiro atoms. The third-order valence-electron chi connectivity index (χ3n) is 5.51. The van der Waals surface area contributed by atoms with E-state index in [1.807, 2.05) is 42.5 Å². The van der Waals surface area contributed by atoms with Gasteiger partial charge in [0.05, 0.1) is 28.0 Å². The predicted molar refractivity (Wildman–Crippen MR) is 127 cm³/mol. The number of nitrogens with zero attached hydrogens (tertiary/aromatic N) is 2. The summed E-state index contributed by atoms with van der Waals surface area (Å²) in [6.45, 7) is 0.307. The highest BCUT2D eigenvalue weighted by Gasteiger charge is 2.61. The molecular weight excluding hydrogens is 475 g/mol. The van der Waals surface area contributed by atoms with E-state index in [1.54, 1.807) is 34.1 Å². The smallest absolute Gasteiger partial charge is 0.269 e. The monoisotopic (exact) mass is 488 g/mol. The maximum Gasteiger partial charge on any atom is 0.269 e. The zero-order chi connectivity index (χ0) is 21.8. The Morgan fingerprint density at radius 3 is 2.39 bits per heavy atom. The molecule has 1 fully saturated rings. The number of anilines is 2. The summed E-state index contributed by atoms with van der Waals surface area (Å²) in [5.41, 5.74) is 2.90. The Morgan fingerprint density at radius 2 is 1.61 bits per heavy atom. The van der Waals surface area contributed by atoms with Crippen molar-refractivity contribution in [2.75, 3.05) is 15.6 Å². The summed E-state index contributed by atoms with van der Waals surface area (Å²) in [6.07, 6.45) is 0. The summed E-state index contributed by atoms with van der Waals surface area (Å²) < 4.78 is 0.